The zero-order valence-electron chi connectivity index (χ0n) is 11.8. The molecule has 0 aromatic carbocycles. The quantitative estimate of drug-likeness (QED) is 0.868. The van der Waals surface area contributed by atoms with Gasteiger partial charge in [-0.2, -0.15) is 5.10 Å². The van der Waals surface area contributed by atoms with E-state index in [2.05, 4.69) is 30.3 Å². The predicted octanol–water partition coefficient (Wildman–Crippen LogP) is 1.90. The maximum absolute atomic E-state index is 6.06. The van der Waals surface area contributed by atoms with Gasteiger partial charge in [0.05, 0.1) is 11.3 Å². The lowest BCUT2D eigenvalue weighted by molar-refractivity contribution is -0.0883. The first-order valence-corrected chi connectivity index (χ1v) is 7.00. The standard InChI is InChI=1S/C14H25N3O/c1-4-15-13(11-12-7-9-17(3)16-12)14(2)8-5-6-10-18-14/h7,9,13,15H,4-6,8,10-11H2,1-3H3. The highest BCUT2D eigenvalue weighted by molar-refractivity contribution is 5.05. The minimum atomic E-state index is -0.0498. The summed E-state index contributed by atoms with van der Waals surface area (Å²) >= 11 is 0. The summed E-state index contributed by atoms with van der Waals surface area (Å²) in [6, 6.07) is 2.44. The van der Waals surface area contributed by atoms with E-state index in [1.807, 2.05) is 17.9 Å². The number of ether oxygens (including phenoxy) is 1. The molecule has 1 aromatic rings. The monoisotopic (exact) mass is 251 g/mol. The molecular weight excluding hydrogens is 226 g/mol. The normalized spacial score (nSPS) is 26.2. The number of nitrogens with zero attached hydrogens (tertiary/aromatic N) is 2. The van der Waals surface area contributed by atoms with Crippen molar-refractivity contribution in [3.63, 3.8) is 0 Å². The van der Waals surface area contributed by atoms with Crippen molar-refractivity contribution in [1.82, 2.24) is 15.1 Å². The Morgan fingerprint density at radius 2 is 2.39 bits per heavy atom. The topological polar surface area (TPSA) is 39.1 Å². The zero-order valence-corrected chi connectivity index (χ0v) is 11.8. The molecule has 2 heterocycles. The van der Waals surface area contributed by atoms with Gasteiger partial charge in [-0.25, -0.2) is 0 Å². The van der Waals surface area contributed by atoms with Crippen LogP contribution in [0, 0.1) is 0 Å². The Labute approximate surface area is 110 Å². The second-order valence-electron chi connectivity index (χ2n) is 5.41. The molecule has 1 fully saturated rings. The fraction of sp³-hybridized carbons (Fsp3) is 0.786. The molecule has 1 aliphatic rings. The molecule has 0 spiro atoms. The van der Waals surface area contributed by atoms with Gasteiger partial charge >= 0.3 is 0 Å². The van der Waals surface area contributed by atoms with Crippen molar-refractivity contribution in [2.75, 3.05) is 13.2 Å². The van der Waals surface area contributed by atoms with Crippen molar-refractivity contribution in [3.05, 3.63) is 18.0 Å². The van der Waals surface area contributed by atoms with Crippen LogP contribution in [-0.4, -0.2) is 34.6 Å². The third-order valence-corrected chi connectivity index (χ3v) is 3.87. The molecule has 1 saturated heterocycles. The smallest absolute Gasteiger partial charge is 0.0810 e. The van der Waals surface area contributed by atoms with Gasteiger partial charge in [-0.3, -0.25) is 4.68 Å². The zero-order chi connectivity index (χ0) is 13.0. The van der Waals surface area contributed by atoms with Crippen molar-refractivity contribution in [3.8, 4) is 0 Å². The minimum Gasteiger partial charge on any atom is -0.374 e. The third kappa shape index (κ3) is 3.12. The van der Waals surface area contributed by atoms with Gasteiger partial charge in [-0.1, -0.05) is 6.92 Å². The van der Waals surface area contributed by atoms with E-state index in [-0.39, 0.29) is 5.60 Å². The molecule has 2 atom stereocenters. The maximum atomic E-state index is 6.06. The molecule has 0 radical (unpaired) electrons. The highest BCUT2D eigenvalue weighted by Crippen LogP contribution is 2.29. The van der Waals surface area contributed by atoms with Gasteiger partial charge in [-0.05, 0) is 38.8 Å². The van der Waals surface area contributed by atoms with E-state index in [0.29, 0.717) is 6.04 Å². The van der Waals surface area contributed by atoms with Crippen LogP contribution in [0.15, 0.2) is 12.3 Å². The van der Waals surface area contributed by atoms with Gasteiger partial charge in [0.2, 0.25) is 0 Å². The van der Waals surface area contributed by atoms with Gasteiger partial charge in [-0.15, -0.1) is 0 Å². The third-order valence-electron chi connectivity index (χ3n) is 3.87. The van der Waals surface area contributed by atoms with Crippen LogP contribution < -0.4 is 5.32 Å². The summed E-state index contributed by atoms with van der Waals surface area (Å²) in [7, 11) is 1.96. The lowest BCUT2D eigenvalue weighted by atomic mass is 9.85. The summed E-state index contributed by atoms with van der Waals surface area (Å²) in [6.45, 7) is 6.25. The molecule has 4 nitrogen and oxygen atoms in total. The van der Waals surface area contributed by atoms with Crippen molar-refractivity contribution in [2.24, 2.45) is 7.05 Å². The number of likely N-dealkylation sites (N-methyl/N-ethyl adjacent to an activating group) is 1. The van der Waals surface area contributed by atoms with Crippen LogP contribution in [0.25, 0.3) is 0 Å². The molecule has 0 bridgehead atoms. The number of rotatable bonds is 5. The van der Waals surface area contributed by atoms with Crippen molar-refractivity contribution >= 4 is 0 Å². The van der Waals surface area contributed by atoms with E-state index in [0.717, 1.165) is 31.7 Å². The number of aromatic nitrogens is 2. The summed E-state index contributed by atoms with van der Waals surface area (Å²) in [6.07, 6.45) is 6.53. The summed E-state index contributed by atoms with van der Waals surface area (Å²) < 4.78 is 7.93. The molecule has 102 valence electrons. The van der Waals surface area contributed by atoms with Gasteiger partial charge in [0.15, 0.2) is 0 Å². The van der Waals surface area contributed by atoms with Crippen LogP contribution in [0.1, 0.15) is 38.8 Å². The second kappa shape index (κ2) is 5.85. The Balaban J connectivity index is 2.06. The van der Waals surface area contributed by atoms with Crippen LogP contribution in [0.2, 0.25) is 0 Å². The molecule has 0 aliphatic carbocycles. The molecule has 1 aromatic heterocycles. The van der Waals surface area contributed by atoms with Crippen LogP contribution in [-0.2, 0) is 18.2 Å². The number of hydrogen-bond donors (Lipinski definition) is 1. The lowest BCUT2D eigenvalue weighted by Gasteiger charge is -2.41. The van der Waals surface area contributed by atoms with Crippen LogP contribution in [0.3, 0.4) is 0 Å². The predicted molar refractivity (Wildman–Crippen MR) is 72.6 cm³/mol. The fourth-order valence-corrected chi connectivity index (χ4v) is 2.76. The molecule has 2 rings (SSSR count). The number of nitrogens with one attached hydrogen (secondary N) is 1. The summed E-state index contributed by atoms with van der Waals surface area (Å²) in [5.74, 6) is 0. The highest BCUT2D eigenvalue weighted by atomic mass is 16.5. The van der Waals surface area contributed by atoms with Gasteiger partial charge in [0.1, 0.15) is 0 Å². The van der Waals surface area contributed by atoms with E-state index in [9.17, 15) is 0 Å². The maximum Gasteiger partial charge on any atom is 0.0810 e. The molecular formula is C14H25N3O. The van der Waals surface area contributed by atoms with Crippen molar-refractivity contribution in [1.29, 1.82) is 0 Å². The largest absolute Gasteiger partial charge is 0.374 e. The Bertz CT molecular complexity index is 369. The van der Waals surface area contributed by atoms with Crippen LogP contribution in [0.5, 0.6) is 0 Å². The first-order chi connectivity index (χ1) is 8.64. The van der Waals surface area contributed by atoms with Gasteiger partial charge in [0, 0.05) is 32.3 Å². The van der Waals surface area contributed by atoms with E-state index in [4.69, 9.17) is 4.74 Å². The first kappa shape index (κ1) is 13.6. The molecule has 4 heteroatoms. The first-order valence-electron chi connectivity index (χ1n) is 7.00. The molecule has 2 unspecified atom stereocenters. The fourth-order valence-electron chi connectivity index (χ4n) is 2.76. The average Bonchev–Trinajstić information content (AvgIpc) is 2.75. The van der Waals surface area contributed by atoms with Gasteiger partial charge in [0.25, 0.3) is 0 Å². The molecule has 1 aliphatic heterocycles. The Hall–Kier alpha value is -0.870. The van der Waals surface area contributed by atoms with Gasteiger partial charge < -0.3 is 10.1 Å². The second-order valence-corrected chi connectivity index (χ2v) is 5.41. The molecule has 18 heavy (non-hydrogen) atoms. The van der Waals surface area contributed by atoms with Crippen molar-refractivity contribution in [2.45, 2.75) is 51.2 Å². The molecule has 0 saturated carbocycles. The Morgan fingerprint density at radius 3 is 2.94 bits per heavy atom. The Kier molecular flexibility index (Phi) is 4.40. The summed E-state index contributed by atoms with van der Waals surface area (Å²) in [5, 5.41) is 8.06. The SMILES string of the molecule is CCNC(Cc1ccn(C)n1)C1(C)CCCCO1. The number of aryl methyl sites for hydroxylation is 1. The van der Waals surface area contributed by atoms with E-state index in [1.54, 1.807) is 0 Å². The van der Waals surface area contributed by atoms with E-state index >= 15 is 0 Å². The lowest BCUT2D eigenvalue weighted by Crippen LogP contribution is -2.53. The van der Waals surface area contributed by atoms with E-state index in [1.165, 1.54) is 12.8 Å². The summed E-state index contributed by atoms with van der Waals surface area (Å²) in [4.78, 5) is 0. The highest BCUT2D eigenvalue weighted by Gasteiger charge is 2.36. The minimum absolute atomic E-state index is 0.0498. The van der Waals surface area contributed by atoms with Crippen LogP contribution in [0.4, 0.5) is 0 Å². The van der Waals surface area contributed by atoms with Crippen LogP contribution >= 0.6 is 0 Å². The molecule has 1 N–H and O–H groups in total. The molecule has 0 amide bonds. The van der Waals surface area contributed by atoms with Crippen molar-refractivity contribution < 1.29 is 4.74 Å². The number of hydrogen-bond acceptors (Lipinski definition) is 3. The summed E-state index contributed by atoms with van der Waals surface area (Å²) in [5.41, 5.74) is 1.09. The van der Waals surface area contributed by atoms with E-state index < -0.39 is 0 Å². The Morgan fingerprint density at radius 1 is 1.56 bits per heavy atom. The average molecular weight is 251 g/mol.